The molecular formula is C15H17NO5. The second-order valence-electron chi connectivity index (χ2n) is 4.36. The van der Waals surface area contributed by atoms with Crippen LogP contribution in [0.4, 0.5) is 9.59 Å². The molecule has 6 heteroatoms. The fraction of sp³-hybridized carbons (Fsp3) is 0.333. The number of hydrogen-bond acceptors (Lipinski definition) is 5. The molecule has 0 spiro atoms. The summed E-state index contributed by atoms with van der Waals surface area (Å²) in [7, 11) is 0. The molecule has 21 heavy (non-hydrogen) atoms. The molecule has 1 heterocycles. The Balaban J connectivity index is 2.48. The first-order valence-corrected chi connectivity index (χ1v) is 6.70. The Bertz CT molecular complexity index is 674. The molecule has 0 aliphatic heterocycles. The van der Waals surface area contributed by atoms with Crippen LogP contribution in [0.2, 0.25) is 0 Å². The molecule has 2 rings (SSSR count). The highest BCUT2D eigenvalue weighted by molar-refractivity contribution is 5.93. The Labute approximate surface area is 122 Å². The minimum atomic E-state index is -0.859. The van der Waals surface area contributed by atoms with Gasteiger partial charge >= 0.3 is 12.2 Å². The summed E-state index contributed by atoms with van der Waals surface area (Å²) in [5.74, 6) is 0.0764. The van der Waals surface area contributed by atoms with Gasteiger partial charge < -0.3 is 14.2 Å². The molecule has 1 aromatic heterocycles. The number of carbonyl (C=O) groups excluding carboxylic acids is 2. The summed E-state index contributed by atoms with van der Waals surface area (Å²) in [5, 5.41) is 0.780. The largest absolute Gasteiger partial charge is 0.515 e. The summed E-state index contributed by atoms with van der Waals surface area (Å²) >= 11 is 0. The summed E-state index contributed by atoms with van der Waals surface area (Å²) in [6.45, 7) is 5.74. The van der Waals surface area contributed by atoms with Crippen LogP contribution < -0.4 is 4.74 Å². The quantitative estimate of drug-likeness (QED) is 0.810. The van der Waals surface area contributed by atoms with Gasteiger partial charge in [-0.1, -0.05) is 11.6 Å². The highest BCUT2D eigenvalue weighted by Crippen LogP contribution is 2.27. The topological polar surface area (TPSA) is 66.8 Å². The smallest absolute Gasteiger partial charge is 0.449 e. The lowest BCUT2D eigenvalue weighted by molar-refractivity contribution is 0.100. The third kappa shape index (κ3) is 3.16. The van der Waals surface area contributed by atoms with Crippen molar-refractivity contribution in [1.29, 1.82) is 0 Å². The van der Waals surface area contributed by atoms with Crippen LogP contribution in [0.15, 0.2) is 24.3 Å². The van der Waals surface area contributed by atoms with Crippen LogP contribution in [0.25, 0.3) is 10.9 Å². The van der Waals surface area contributed by atoms with Gasteiger partial charge in [0.15, 0.2) is 0 Å². The maximum atomic E-state index is 12.1. The van der Waals surface area contributed by atoms with E-state index in [2.05, 4.69) is 0 Å². The SMILES string of the molecule is CCOC(=O)Oc1cc2cc(C)ccc2n1C(=O)OCC. The molecule has 2 aromatic rings. The lowest BCUT2D eigenvalue weighted by atomic mass is 10.2. The Hall–Kier alpha value is -2.50. The number of fused-ring (bicyclic) bond motifs is 1. The van der Waals surface area contributed by atoms with Crippen molar-refractivity contribution in [2.45, 2.75) is 20.8 Å². The van der Waals surface area contributed by atoms with Crippen molar-refractivity contribution in [2.24, 2.45) is 0 Å². The average Bonchev–Trinajstić information content (AvgIpc) is 2.75. The van der Waals surface area contributed by atoms with Gasteiger partial charge in [0.2, 0.25) is 5.88 Å². The number of aryl methyl sites for hydroxylation is 1. The van der Waals surface area contributed by atoms with Crippen molar-refractivity contribution < 1.29 is 23.8 Å². The van der Waals surface area contributed by atoms with Crippen LogP contribution >= 0.6 is 0 Å². The van der Waals surface area contributed by atoms with Gasteiger partial charge in [0.25, 0.3) is 0 Å². The number of benzene rings is 1. The second kappa shape index (κ2) is 6.30. The predicted octanol–water partition coefficient (Wildman–Crippen LogP) is 3.49. The number of nitrogens with zero attached hydrogens (tertiary/aromatic N) is 1. The molecule has 0 atom stereocenters. The molecule has 0 radical (unpaired) electrons. The highest BCUT2D eigenvalue weighted by atomic mass is 16.7. The van der Waals surface area contributed by atoms with Crippen LogP contribution in [0.1, 0.15) is 19.4 Å². The summed E-state index contributed by atoms with van der Waals surface area (Å²) in [5.41, 5.74) is 1.64. The molecule has 1 aromatic carbocycles. The predicted molar refractivity (Wildman–Crippen MR) is 76.7 cm³/mol. The lowest BCUT2D eigenvalue weighted by Crippen LogP contribution is -2.18. The third-order valence-electron chi connectivity index (χ3n) is 2.82. The van der Waals surface area contributed by atoms with E-state index >= 15 is 0 Å². The van der Waals surface area contributed by atoms with E-state index in [9.17, 15) is 9.59 Å². The third-order valence-corrected chi connectivity index (χ3v) is 2.82. The molecule has 0 aliphatic carbocycles. The van der Waals surface area contributed by atoms with E-state index in [-0.39, 0.29) is 19.1 Å². The number of hydrogen-bond donors (Lipinski definition) is 0. The summed E-state index contributed by atoms with van der Waals surface area (Å²) in [6, 6.07) is 7.14. The van der Waals surface area contributed by atoms with E-state index in [1.165, 1.54) is 4.57 Å². The molecule has 0 N–H and O–H groups in total. The Kier molecular flexibility index (Phi) is 4.47. The van der Waals surface area contributed by atoms with Crippen molar-refractivity contribution >= 4 is 23.2 Å². The van der Waals surface area contributed by atoms with Crippen LogP contribution in [0.3, 0.4) is 0 Å². The van der Waals surface area contributed by atoms with E-state index < -0.39 is 12.2 Å². The number of carbonyl (C=O) groups is 2. The van der Waals surface area contributed by atoms with E-state index in [1.807, 2.05) is 19.1 Å². The van der Waals surface area contributed by atoms with Crippen molar-refractivity contribution in [2.75, 3.05) is 13.2 Å². The molecule has 0 unspecified atom stereocenters. The first kappa shape index (κ1) is 14.9. The Morgan fingerprint density at radius 2 is 1.81 bits per heavy atom. The van der Waals surface area contributed by atoms with Gasteiger partial charge in [-0.2, -0.15) is 0 Å². The van der Waals surface area contributed by atoms with E-state index in [0.29, 0.717) is 5.52 Å². The zero-order valence-electron chi connectivity index (χ0n) is 12.2. The first-order chi connectivity index (χ1) is 10.1. The first-order valence-electron chi connectivity index (χ1n) is 6.70. The van der Waals surface area contributed by atoms with Crippen LogP contribution in [0, 0.1) is 6.92 Å². The molecule has 0 saturated carbocycles. The fourth-order valence-electron chi connectivity index (χ4n) is 1.99. The van der Waals surface area contributed by atoms with E-state index in [1.54, 1.807) is 26.0 Å². The molecular weight excluding hydrogens is 274 g/mol. The standard InChI is InChI=1S/C15H17NO5/c1-4-19-14(17)16-12-7-6-10(3)8-11(12)9-13(16)21-15(18)20-5-2/h6-9H,4-5H2,1-3H3. The summed E-state index contributed by atoms with van der Waals surface area (Å²) in [4.78, 5) is 23.6. The van der Waals surface area contributed by atoms with Crippen molar-refractivity contribution in [3.8, 4) is 5.88 Å². The highest BCUT2D eigenvalue weighted by Gasteiger charge is 2.20. The van der Waals surface area contributed by atoms with Gasteiger partial charge in [-0.3, -0.25) is 0 Å². The van der Waals surface area contributed by atoms with Gasteiger partial charge in [-0.25, -0.2) is 14.2 Å². The molecule has 0 saturated heterocycles. The average molecular weight is 291 g/mol. The molecule has 0 fully saturated rings. The molecule has 6 nitrogen and oxygen atoms in total. The van der Waals surface area contributed by atoms with Crippen LogP contribution in [-0.2, 0) is 9.47 Å². The van der Waals surface area contributed by atoms with Crippen LogP contribution in [-0.4, -0.2) is 30.0 Å². The summed E-state index contributed by atoms with van der Waals surface area (Å²) < 4.78 is 16.0. The summed E-state index contributed by atoms with van der Waals surface area (Å²) in [6.07, 6.45) is -1.46. The van der Waals surface area contributed by atoms with E-state index in [0.717, 1.165) is 10.9 Å². The van der Waals surface area contributed by atoms with Crippen molar-refractivity contribution in [3.05, 3.63) is 29.8 Å². The lowest BCUT2D eigenvalue weighted by Gasteiger charge is -2.09. The molecule has 0 bridgehead atoms. The number of rotatable bonds is 3. The van der Waals surface area contributed by atoms with Gasteiger partial charge in [-0.05, 0) is 32.9 Å². The zero-order valence-corrected chi connectivity index (χ0v) is 12.2. The Morgan fingerprint density at radius 3 is 2.48 bits per heavy atom. The van der Waals surface area contributed by atoms with Crippen molar-refractivity contribution in [1.82, 2.24) is 4.57 Å². The van der Waals surface area contributed by atoms with Crippen molar-refractivity contribution in [3.63, 3.8) is 0 Å². The minimum Gasteiger partial charge on any atom is -0.449 e. The van der Waals surface area contributed by atoms with Gasteiger partial charge in [0, 0.05) is 11.5 Å². The number of ether oxygens (including phenoxy) is 3. The molecule has 0 amide bonds. The second-order valence-corrected chi connectivity index (χ2v) is 4.36. The number of aromatic nitrogens is 1. The van der Waals surface area contributed by atoms with Gasteiger partial charge in [-0.15, -0.1) is 0 Å². The maximum Gasteiger partial charge on any atom is 0.515 e. The fourth-order valence-corrected chi connectivity index (χ4v) is 1.99. The molecule has 112 valence electrons. The van der Waals surface area contributed by atoms with Gasteiger partial charge in [0.1, 0.15) is 0 Å². The minimum absolute atomic E-state index is 0.0764. The van der Waals surface area contributed by atoms with Crippen LogP contribution in [0.5, 0.6) is 5.88 Å². The Morgan fingerprint density at radius 1 is 1.10 bits per heavy atom. The maximum absolute atomic E-state index is 12.1. The van der Waals surface area contributed by atoms with E-state index in [4.69, 9.17) is 14.2 Å². The normalized spacial score (nSPS) is 10.4. The monoisotopic (exact) mass is 291 g/mol. The zero-order chi connectivity index (χ0) is 15.4. The van der Waals surface area contributed by atoms with Gasteiger partial charge in [0.05, 0.1) is 18.7 Å². The molecule has 0 aliphatic rings.